The molecule has 30 heavy (non-hydrogen) atoms. The number of anilines is 2. The first-order valence-electron chi connectivity index (χ1n) is 9.87. The van der Waals surface area contributed by atoms with Gasteiger partial charge in [-0.05, 0) is 48.9 Å². The van der Waals surface area contributed by atoms with E-state index in [9.17, 15) is 4.79 Å². The van der Waals surface area contributed by atoms with E-state index in [2.05, 4.69) is 10.2 Å². The van der Waals surface area contributed by atoms with Gasteiger partial charge in [0.15, 0.2) is 0 Å². The fourth-order valence-corrected chi connectivity index (χ4v) is 3.52. The van der Waals surface area contributed by atoms with Crippen molar-refractivity contribution in [2.24, 2.45) is 0 Å². The van der Waals surface area contributed by atoms with E-state index in [0.717, 1.165) is 35.6 Å². The maximum atomic E-state index is 12.5. The number of rotatable bonds is 5. The summed E-state index contributed by atoms with van der Waals surface area (Å²) < 4.78 is 11.3. The molecule has 0 spiro atoms. The van der Waals surface area contributed by atoms with Crippen LogP contribution in [-0.4, -0.2) is 32.2 Å². The summed E-state index contributed by atoms with van der Waals surface area (Å²) in [7, 11) is 0. The van der Waals surface area contributed by atoms with E-state index in [1.165, 1.54) is 6.08 Å². The van der Waals surface area contributed by atoms with Gasteiger partial charge in [0.25, 0.3) is 0 Å². The van der Waals surface area contributed by atoms with E-state index in [4.69, 9.17) is 20.8 Å². The average molecular weight is 423 g/mol. The molecule has 1 aliphatic heterocycles. The molecule has 1 N–H and O–H groups in total. The third-order valence-electron chi connectivity index (χ3n) is 5.00. The molecule has 0 bridgehead atoms. The van der Waals surface area contributed by atoms with Crippen LogP contribution < -0.4 is 10.2 Å². The summed E-state index contributed by atoms with van der Waals surface area (Å²) in [4.78, 5) is 14.7. The van der Waals surface area contributed by atoms with Gasteiger partial charge >= 0.3 is 0 Å². The van der Waals surface area contributed by atoms with Gasteiger partial charge in [-0.2, -0.15) is 0 Å². The molecule has 1 aromatic heterocycles. The van der Waals surface area contributed by atoms with Gasteiger partial charge in [-0.3, -0.25) is 4.79 Å². The summed E-state index contributed by atoms with van der Waals surface area (Å²) in [5.74, 6) is 1.08. The van der Waals surface area contributed by atoms with Crippen molar-refractivity contribution in [3.63, 3.8) is 0 Å². The number of hydrogen-bond acceptors (Lipinski definition) is 4. The fourth-order valence-electron chi connectivity index (χ4n) is 3.34. The highest BCUT2D eigenvalue weighted by Gasteiger charge is 2.15. The molecule has 4 rings (SSSR count). The Hall–Kier alpha value is -3.02. The van der Waals surface area contributed by atoms with Crippen LogP contribution in [0, 0.1) is 6.92 Å². The first kappa shape index (κ1) is 20.3. The van der Waals surface area contributed by atoms with Gasteiger partial charge in [0.1, 0.15) is 11.5 Å². The van der Waals surface area contributed by atoms with Crippen LogP contribution in [-0.2, 0) is 9.53 Å². The van der Waals surface area contributed by atoms with Crippen molar-refractivity contribution in [1.29, 1.82) is 0 Å². The van der Waals surface area contributed by atoms with Gasteiger partial charge in [0.05, 0.1) is 24.6 Å². The standard InChI is InChI=1S/C24H23ClN2O3/c1-17-6-7-18(16-20(17)25)23-10-8-19(30-23)9-11-24(28)26-21-4-2-3-5-22(21)27-12-14-29-15-13-27/h2-11,16H,12-15H2,1H3,(H,26,28). The van der Waals surface area contributed by atoms with Gasteiger partial charge in [-0.1, -0.05) is 35.9 Å². The second kappa shape index (κ2) is 9.20. The summed E-state index contributed by atoms with van der Waals surface area (Å²) in [6, 6.07) is 17.3. The van der Waals surface area contributed by atoms with E-state index in [-0.39, 0.29) is 5.91 Å². The molecule has 0 saturated carbocycles. The van der Waals surface area contributed by atoms with Crippen molar-refractivity contribution in [2.45, 2.75) is 6.92 Å². The van der Waals surface area contributed by atoms with E-state index in [0.29, 0.717) is 29.8 Å². The SMILES string of the molecule is Cc1ccc(-c2ccc(C=CC(=O)Nc3ccccc3N3CCOCC3)o2)cc1Cl. The Morgan fingerprint density at radius 3 is 2.70 bits per heavy atom. The van der Waals surface area contributed by atoms with Gasteiger partial charge in [0.2, 0.25) is 5.91 Å². The molecule has 6 heteroatoms. The zero-order valence-corrected chi connectivity index (χ0v) is 17.5. The van der Waals surface area contributed by atoms with Crippen LogP contribution in [0.2, 0.25) is 5.02 Å². The van der Waals surface area contributed by atoms with E-state index in [1.54, 1.807) is 6.08 Å². The molecular weight excluding hydrogens is 400 g/mol. The minimum Gasteiger partial charge on any atom is -0.457 e. The van der Waals surface area contributed by atoms with Crippen LogP contribution in [0.1, 0.15) is 11.3 Å². The maximum absolute atomic E-state index is 12.5. The van der Waals surface area contributed by atoms with Gasteiger partial charge in [0, 0.05) is 29.8 Å². The van der Waals surface area contributed by atoms with Crippen molar-refractivity contribution >= 4 is 35.0 Å². The van der Waals surface area contributed by atoms with E-state index in [1.807, 2.05) is 61.5 Å². The van der Waals surface area contributed by atoms with E-state index >= 15 is 0 Å². The predicted octanol–water partition coefficient (Wildman–Crippen LogP) is 5.40. The monoisotopic (exact) mass is 422 g/mol. The Balaban J connectivity index is 1.44. The van der Waals surface area contributed by atoms with E-state index < -0.39 is 0 Å². The summed E-state index contributed by atoms with van der Waals surface area (Å²) in [6.07, 6.45) is 3.13. The summed E-state index contributed by atoms with van der Waals surface area (Å²) in [5, 5.41) is 3.66. The van der Waals surface area contributed by atoms with Gasteiger partial charge in [-0.25, -0.2) is 0 Å². The highest BCUT2D eigenvalue weighted by molar-refractivity contribution is 6.31. The van der Waals surface area contributed by atoms with Crippen LogP contribution in [0.4, 0.5) is 11.4 Å². The number of halogens is 1. The zero-order valence-electron chi connectivity index (χ0n) is 16.7. The van der Waals surface area contributed by atoms with Crippen LogP contribution in [0.15, 0.2) is 65.1 Å². The molecule has 0 radical (unpaired) electrons. The number of para-hydroxylation sites is 2. The first-order chi connectivity index (χ1) is 14.6. The number of aryl methyl sites for hydroxylation is 1. The Kier molecular flexibility index (Phi) is 6.21. The summed E-state index contributed by atoms with van der Waals surface area (Å²) in [6.45, 7) is 4.95. The second-order valence-electron chi connectivity index (χ2n) is 7.11. The normalized spacial score (nSPS) is 14.3. The number of ether oxygens (including phenoxy) is 1. The Morgan fingerprint density at radius 2 is 1.90 bits per heavy atom. The predicted molar refractivity (Wildman–Crippen MR) is 121 cm³/mol. The topological polar surface area (TPSA) is 54.7 Å². The quantitative estimate of drug-likeness (QED) is 0.559. The number of hydrogen-bond donors (Lipinski definition) is 1. The van der Waals surface area contributed by atoms with Crippen LogP contribution in [0.3, 0.4) is 0 Å². The molecule has 154 valence electrons. The average Bonchev–Trinajstić information content (AvgIpc) is 3.24. The number of morpholine rings is 1. The third-order valence-corrected chi connectivity index (χ3v) is 5.40. The molecule has 2 heterocycles. The number of carbonyl (C=O) groups excluding carboxylic acids is 1. The summed E-state index contributed by atoms with van der Waals surface area (Å²) >= 11 is 6.20. The fraction of sp³-hybridized carbons (Fsp3) is 0.208. The van der Waals surface area contributed by atoms with Gasteiger partial charge in [-0.15, -0.1) is 0 Å². The molecular formula is C24H23ClN2O3. The second-order valence-corrected chi connectivity index (χ2v) is 7.51. The Morgan fingerprint density at radius 1 is 1.10 bits per heavy atom. The number of furan rings is 1. The molecule has 1 fully saturated rings. The number of nitrogens with one attached hydrogen (secondary N) is 1. The maximum Gasteiger partial charge on any atom is 0.248 e. The molecule has 2 aromatic carbocycles. The lowest BCUT2D eigenvalue weighted by atomic mass is 10.1. The molecule has 3 aromatic rings. The number of nitrogens with zero attached hydrogens (tertiary/aromatic N) is 1. The lowest BCUT2D eigenvalue weighted by Crippen LogP contribution is -2.36. The summed E-state index contributed by atoms with van der Waals surface area (Å²) in [5.41, 5.74) is 3.69. The third kappa shape index (κ3) is 4.75. The number of benzene rings is 2. The van der Waals surface area contributed by atoms with Gasteiger partial charge < -0.3 is 19.4 Å². The molecule has 5 nitrogen and oxygen atoms in total. The lowest BCUT2D eigenvalue weighted by molar-refractivity contribution is -0.111. The van der Waals surface area contributed by atoms with Crippen LogP contribution in [0.25, 0.3) is 17.4 Å². The van der Waals surface area contributed by atoms with Crippen molar-refractivity contribution in [3.8, 4) is 11.3 Å². The smallest absolute Gasteiger partial charge is 0.248 e. The minimum atomic E-state index is -0.216. The van der Waals surface area contributed by atoms with Crippen molar-refractivity contribution < 1.29 is 13.9 Å². The minimum absolute atomic E-state index is 0.216. The number of amides is 1. The molecule has 0 unspecified atom stereocenters. The molecule has 1 aliphatic rings. The zero-order chi connectivity index (χ0) is 20.9. The van der Waals surface area contributed by atoms with Crippen LogP contribution in [0.5, 0.6) is 0 Å². The van der Waals surface area contributed by atoms with Crippen molar-refractivity contribution in [3.05, 3.63) is 77.0 Å². The number of carbonyl (C=O) groups is 1. The highest BCUT2D eigenvalue weighted by Crippen LogP contribution is 2.28. The van der Waals surface area contributed by atoms with Crippen molar-refractivity contribution in [1.82, 2.24) is 0 Å². The molecule has 1 amide bonds. The largest absolute Gasteiger partial charge is 0.457 e. The Bertz CT molecular complexity index is 1070. The lowest BCUT2D eigenvalue weighted by Gasteiger charge is -2.30. The molecule has 0 aliphatic carbocycles. The highest BCUT2D eigenvalue weighted by atomic mass is 35.5. The Labute approximate surface area is 180 Å². The molecule has 1 saturated heterocycles. The molecule has 0 atom stereocenters. The van der Waals surface area contributed by atoms with Crippen molar-refractivity contribution in [2.75, 3.05) is 36.5 Å². The van der Waals surface area contributed by atoms with Crippen LogP contribution >= 0.6 is 11.6 Å². The first-order valence-corrected chi connectivity index (χ1v) is 10.2.